The molecule has 0 unspecified atom stereocenters. The van der Waals surface area contributed by atoms with Crippen LogP contribution in [0.3, 0.4) is 0 Å². The maximum atomic E-state index is 12.5. The lowest BCUT2D eigenvalue weighted by atomic mass is 9.88. The van der Waals surface area contributed by atoms with Gasteiger partial charge in [0.15, 0.2) is 0 Å². The van der Waals surface area contributed by atoms with E-state index in [1.807, 2.05) is 42.5 Å². The van der Waals surface area contributed by atoms with Crippen LogP contribution >= 0.6 is 11.6 Å². The van der Waals surface area contributed by atoms with Gasteiger partial charge in [0.25, 0.3) is 0 Å². The zero-order valence-electron chi connectivity index (χ0n) is 13.0. The van der Waals surface area contributed by atoms with Crippen LogP contribution in [0.25, 0.3) is 0 Å². The maximum absolute atomic E-state index is 12.5. The highest BCUT2D eigenvalue weighted by Gasteiger charge is 2.34. The number of carbonyl (C=O) groups is 1. The molecule has 4 heteroatoms. The molecule has 3 rings (SSSR count). The molecule has 2 N–H and O–H groups in total. The largest absolute Gasteiger partial charge is 0.355 e. The summed E-state index contributed by atoms with van der Waals surface area (Å²) >= 11 is 6.30. The number of amides is 1. The van der Waals surface area contributed by atoms with Gasteiger partial charge in [-0.3, -0.25) is 4.79 Å². The van der Waals surface area contributed by atoms with Gasteiger partial charge in [-0.25, -0.2) is 0 Å². The minimum atomic E-state index is -0.0642. The highest BCUT2D eigenvalue weighted by molar-refractivity contribution is 6.31. The molecule has 1 heterocycles. The SMILES string of the molecule is O=C(NCCc1ccccc1)[C@@H]1CNC[C@H]1c1ccccc1Cl. The Labute approximate surface area is 142 Å². The second kappa shape index (κ2) is 7.62. The number of rotatable bonds is 5. The molecule has 0 aliphatic carbocycles. The predicted molar refractivity (Wildman–Crippen MR) is 93.7 cm³/mol. The van der Waals surface area contributed by atoms with Crippen LogP contribution in [0.15, 0.2) is 54.6 Å². The smallest absolute Gasteiger partial charge is 0.225 e. The second-order valence-corrected chi connectivity index (χ2v) is 6.33. The van der Waals surface area contributed by atoms with Gasteiger partial charge >= 0.3 is 0 Å². The quantitative estimate of drug-likeness (QED) is 0.886. The van der Waals surface area contributed by atoms with Crippen LogP contribution < -0.4 is 10.6 Å². The summed E-state index contributed by atoms with van der Waals surface area (Å²) < 4.78 is 0. The summed E-state index contributed by atoms with van der Waals surface area (Å²) in [5, 5.41) is 7.13. The molecule has 1 saturated heterocycles. The third-order valence-corrected chi connectivity index (χ3v) is 4.76. The summed E-state index contributed by atoms with van der Waals surface area (Å²) in [5.74, 6) is 0.182. The molecule has 0 radical (unpaired) electrons. The lowest BCUT2D eigenvalue weighted by molar-refractivity contribution is -0.124. The van der Waals surface area contributed by atoms with Crippen LogP contribution in [-0.2, 0) is 11.2 Å². The van der Waals surface area contributed by atoms with Crippen molar-refractivity contribution in [3.8, 4) is 0 Å². The predicted octanol–water partition coefficient (Wildman–Crippen LogP) is 3.00. The first-order valence-corrected chi connectivity index (χ1v) is 8.40. The number of hydrogen-bond acceptors (Lipinski definition) is 2. The first-order valence-electron chi connectivity index (χ1n) is 8.02. The Morgan fingerprint density at radius 3 is 2.61 bits per heavy atom. The summed E-state index contributed by atoms with van der Waals surface area (Å²) in [6.45, 7) is 2.15. The number of nitrogens with one attached hydrogen (secondary N) is 2. The van der Waals surface area contributed by atoms with E-state index in [1.165, 1.54) is 5.56 Å². The molecule has 2 aromatic carbocycles. The molecule has 1 aliphatic rings. The van der Waals surface area contributed by atoms with Crippen molar-refractivity contribution in [2.45, 2.75) is 12.3 Å². The Morgan fingerprint density at radius 2 is 1.83 bits per heavy atom. The Kier molecular flexibility index (Phi) is 5.31. The van der Waals surface area contributed by atoms with Crippen LogP contribution in [0.5, 0.6) is 0 Å². The van der Waals surface area contributed by atoms with Crippen molar-refractivity contribution in [2.24, 2.45) is 5.92 Å². The van der Waals surface area contributed by atoms with Crippen molar-refractivity contribution in [1.29, 1.82) is 0 Å². The van der Waals surface area contributed by atoms with Crippen LogP contribution in [-0.4, -0.2) is 25.5 Å². The second-order valence-electron chi connectivity index (χ2n) is 5.92. The van der Waals surface area contributed by atoms with E-state index in [9.17, 15) is 4.79 Å². The molecule has 0 aromatic heterocycles. The fraction of sp³-hybridized carbons (Fsp3) is 0.316. The average Bonchev–Trinajstić information content (AvgIpc) is 3.06. The minimum Gasteiger partial charge on any atom is -0.355 e. The van der Waals surface area contributed by atoms with Crippen LogP contribution in [0.1, 0.15) is 17.0 Å². The van der Waals surface area contributed by atoms with Crippen molar-refractivity contribution in [3.05, 3.63) is 70.7 Å². The molecule has 0 spiro atoms. The van der Waals surface area contributed by atoms with Crippen molar-refractivity contribution in [1.82, 2.24) is 10.6 Å². The molecular formula is C19H21ClN2O. The van der Waals surface area contributed by atoms with E-state index in [4.69, 9.17) is 11.6 Å². The third kappa shape index (κ3) is 3.92. The zero-order valence-corrected chi connectivity index (χ0v) is 13.7. The average molecular weight is 329 g/mol. The van der Waals surface area contributed by atoms with Gasteiger partial charge in [-0.2, -0.15) is 0 Å². The molecule has 0 bridgehead atoms. The third-order valence-electron chi connectivity index (χ3n) is 4.41. The Hall–Kier alpha value is -1.84. The van der Waals surface area contributed by atoms with E-state index < -0.39 is 0 Å². The van der Waals surface area contributed by atoms with Crippen molar-refractivity contribution < 1.29 is 4.79 Å². The number of benzene rings is 2. The van der Waals surface area contributed by atoms with Crippen LogP contribution in [0.2, 0.25) is 5.02 Å². The number of carbonyl (C=O) groups excluding carboxylic acids is 1. The van der Waals surface area contributed by atoms with E-state index in [1.54, 1.807) is 0 Å². The van der Waals surface area contributed by atoms with Gasteiger partial charge in [-0.1, -0.05) is 60.1 Å². The lowest BCUT2D eigenvalue weighted by Gasteiger charge is -2.19. The number of halogens is 1. The van der Waals surface area contributed by atoms with E-state index in [0.29, 0.717) is 13.1 Å². The van der Waals surface area contributed by atoms with Gasteiger partial charge in [0.05, 0.1) is 5.92 Å². The summed E-state index contributed by atoms with van der Waals surface area (Å²) in [7, 11) is 0. The van der Waals surface area contributed by atoms with Crippen LogP contribution in [0, 0.1) is 5.92 Å². The normalized spacial score (nSPS) is 20.4. The molecule has 2 aromatic rings. The molecule has 1 fully saturated rings. The fourth-order valence-electron chi connectivity index (χ4n) is 3.16. The topological polar surface area (TPSA) is 41.1 Å². The van der Waals surface area contributed by atoms with Gasteiger partial charge < -0.3 is 10.6 Å². The Balaban J connectivity index is 1.59. The molecule has 120 valence electrons. The van der Waals surface area contributed by atoms with Crippen molar-refractivity contribution in [3.63, 3.8) is 0 Å². The van der Waals surface area contributed by atoms with Crippen molar-refractivity contribution >= 4 is 17.5 Å². The summed E-state index contributed by atoms with van der Waals surface area (Å²) in [4.78, 5) is 12.5. The highest BCUT2D eigenvalue weighted by atomic mass is 35.5. The molecule has 0 saturated carbocycles. The monoisotopic (exact) mass is 328 g/mol. The molecule has 3 nitrogen and oxygen atoms in total. The van der Waals surface area contributed by atoms with E-state index >= 15 is 0 Å². The number of hydrogen-bond donors (Lipinski definition) is 2. The molecule has 1 aliphatic heterocycles. The van der Waals surface area contributed by atoms with Gasteiger partial charge in [-0.15, -0.1) is 0 Å². The molecule has 23 heavy (non-hydrogen) atoms. The molecule has 2 atom stereocenters. The maximum Gasteiger partial charge on any atom is 0.225 e. The summed E-state index contributed by atoms with van der Waals surface area (Å²) in [6.07, 6.45) is 0.851. The summed E-state index contributed by atoms with van der Waals surface area (Å²) in [5.41, 5.74) is 2.29. The highest BCUT2D eigenvalue weighted by Crippen LogP contribution is 2.32. The first kappa shape index (κ1) is 16.0. The van der Waals surface area contributed by atoms with Gasteiger partial charge in [-0.05, 0) is 23.6 Å². The minimum absolute atomic E-state index is 0.0642. The standard InChI is InChI=1S/C19H21ClN2O/c20-18-9-5-4-8-15(18)16-12-21-13-17(16)19(23)22-11-10-14-6-2-1-3-7-14/h1-9,16-17,21H,10-13H2,(H,22,23)/t16-,17+/m0/s1. The first-order chi connectivity index (χ1) is 11.3. The Morgan fingerprint density at radius 1 is 1.09 bits per heavy atom. The fourth-order valence-corrected chi connectivity index (χ4v) is 3.44. The Bertz CT molecular complexity index is 659. The zero-order chi connectivity index (χ0) is 16.1. The van der Waals surface area contributed by atoms with E-state index in [-0.39, 0.29) is 17.7 Å². The van der Waals surface area contributed by atoms with Gasteiger partial charge in [0.1, 0.15) is 0 Å². The van der Waals surface area contributed by atoms with E-state index in [2.05, 4.69) is 22.8 Å². The molecule has 1 amide bonds. The van der Waals surface area contributed by atoms with Gasteiger partial charge in [0.2, 0.25) is 5.91 Å². The summed E-state index contributed by atoms with van der Waals surface area (Å²) in [6, 6.07) is 18.0. The molecular weight excluding hydrogens is 308 g/mol. The lowest BCUT2D eigenvalue weighted by Crippen LogP contribution is -2.35. The van der Waals surface area contributed by atoms with Gasteiger partial charge in [0, 0.05) is 30.6 Å². The van der Waals surface area contributed by atoms with E-state index in [0.717, 1.165) is 23.6 Å². The van der Waals surface area contributed by atoms with Crippen molar-refractivity contribution in [2.75, 3.05) is 19.6 Å². The van der Waals surface area contributed by atoms with Crippen LogP contribution in [0.4, 0.5) is 0 Å².